The van der Waals surface area contributed by atoms with Crippen molar-refractivity contribution in [1.29, 1.82) is 0 Å². The third kappa shape index (κ3) is 6.12. The lowest BCUT2D eigenvalue weighted by Gasteiger charge is -2.23. The topological polar surface area (TPSA) is 32.7 Å². The number of aliphatic hydroxyl groups is 1. The Bertz CT molecular complexity index is 558. The minimum Gasteiger partial charge on any atom is -0.406 e. The summed E-state index contributed by atoms with van der Waals surface area (Å²) in [4.78, 5) is 2.24. The highest BCUT2D eigenvalue weighted by Gasteiger charge is 2.30. The molecule has 1 aliphatic rings. The first kappa shape index (κ1) is 17.6. The number of hydrogen-bond acceptors (Lipinski definition) is 3. The van der Waals surface area contributed by atoms with Gasteiger partial charge in [0.15, 0.2) is 0 Å². The number of aliphatic hydroxyl groups excluding tert-OH is 1. The van der Waals surface area contributed by atoms with Gasteiger partial charge in [0.2, 0.25) is 0 Å². The molecular formula is C17H20F3NO2. The minimum atomic E-state index is -4.68. The van der Waals surface area contributed by atoms with E-state index in [4.69, 9.17) is 0 Å². The molecule has 1 aromatic carbocycles. The Morgan fingerprint density at radius 2 is 2.04 bits per heavy atom. The summed E-state index contributed by atoms with van der Waals surface area (Å²) in [6, 6.07) is 5.87. The van der Waals surface area contributed by atoms with Gasteiger partial charge in [0.25, 0.3) is 0 Å². The molecule has 126 valence electrons. The van der Waals surface area contributed by atoms with Crippen LogP contribution in [0.1, 0.15) is 31.7 Å². The maximum Gasteiger partial charge on any atom is 0.573 e. The highest BCUT2D eigenvalue weighted by molar-refractivity contribution is 5.38. The van der Waals surface area contributed by atoms with Crippen molar-refractivity contribution in [2.75, 3.05) is 13.1 Å². The molecule has 2 rings (SSSR count). The normalized spacial score (nSPS) is 20.0. The number of hydrogen-bond donors (Lipinski definition) is 1. The van der Waals surface area contributed by atoms with Gasteiger partial charge in [0.1, 0.15) is 5.75 Å². The van der Waals surface area contributed by atoms with Crippen LogP contribution >= 0.6 is 0 Å². The fourth-order valence-electron chi connectivity index (χ4n) is 2.75. The third-order valence-electron chi connectivity index (χ3n) is 3.72. The largest absolute Gasteiger partial charge is 0.573 e. The van der Waals surface area contributed by atoms with E-state index in [1.165, 1.54) is 24.3 Å². The molecule has 0 spiro atoms. The zero-order chi connectivity index (χ0) is 16.9. The van der Waals surface area contributed by atoms with Crippen molar-refractivity contribution in [3.63, 3.8) is 0 Å². The molecule has 6 heteroatoms. The van der Waals surface area contributed by atoms with Crippen LogP contribution < -0.4 is 4.74 Å². The van der Waals surface area contributed by atoms with Crippen molar-refractivity contribution in [3.8, 4) is 17.6 Å². The summed E-state index contributed by atoms with van der Waals surface area (Å²) in [7, 11) is 0. The summed E-state index contributed by atoms with van der Waals surface area (Å²) >= 11 is 0. The molecule has 1 fully saturated rings. The quantitative estimate of drug-likeness (QED) is 0.862. The van der Waals surface area contributed by atoms with Crippen molar-refractivity contribution in [2.24, 2.45) is 0 Å². The maximum absolute atomic E-state index is 12.1. The second-order valence-electron chi connectivity index (χ2n) is 5.73. The van der Waals surface area contributed by atoms with Gasteiger partial charge in [-0.05, 0) is 57.0 Å². The van der Waals surface area contributed by atoms with E-state index in [0.717, 1.165) is 25.8 Å². The second kappa shape index (κ2) is 7.71. The first-order valence-corrected chi connectivity index (χ1v) is 7.60. The van der Waals surface area contributed by atoms with Gasteiger partial charge in [-0.2, -0.15) is 0 Å². The second-order valence-corrected chi connectivity index (χ2v) is 5.73. The van der Waals surface area contributed by atoms with Crippen molar-refractivity contribution in [2.45, 2.75) is 44.7 Å². The molecule has 1 aromatic rings. The highest BCUT2D eigenvalue weighted by Crippen LogP contribution is 2.23. The third-order valence-corrected chi connectivity index (χ3v) is 3.72. The molecule has 0 bridgehead atoms. The minimum absolute atomic E-state index is 0.250. The predicted octanol–water partition coefficient (Wildman–Crippen LogP) is 3.17. The van der Waals surface area contributed by atoms with Crippen LogP contribution in [0.2, 0.25) is 0 Å². The molecule has 2 unspecified atom stereocenters. The van der Waals surface area contributed by atoms with Gasteiger partial charge in [0.05, 0.1) is 12.6 Å². The van der Waals surface area contributed by atoms with E-state index < -0.39 is 6.36 Å². The molecule has 0 aliphatic carbocycles. The summed E-state index contributed by atoms with van der Waals surface area (Å²) in [5.74, 6) is 5.74. The van der Waals surface area contributed by atoms with E-state index in [2.05, 4.69) is 21.5 Å². The Morgan fingerprint density at radius 3 is 2.65 bits per heavy atom. The average Bonchev–Trinajstić information content (AvgIpc) is 2.86. The lowest BCUT2D eigenvalue weighted by atomic mass is 10.1. The fourth-order valence-corrected chi connectivity index (χ4v) is 2.75. The average molecular weight is 327 g/mol. The SMILES string of the molecule is CC(O)CC1CCCN1CC#Cc1ccc(OC(F)(F)F)cc1. The number of likely N-dealkylation sites (tertiary alicyclic amines) is 1. The Hall–Kier alpha value is -1.71. The van der Waals surface area contributed by atoms with Crippen LogP contribution in [0.4, 0.5) is 13.2 Å². The molecule has 1 heterocycles. The molecule has 23 heavy (non-hydrogen) atoms. The lowest BCUT2D eigenvalue weighted by Crippen LogP contribution is -2.32. The molecule has 1 aliphatic heterocycles. The van der Waals surface area contributed by atoms with E-state index in [-0.39, 0.29) is 11.9 Å². The number of ether oxygens (including phenoxy) is 1. The number of rotatable bonds is 4. The van der Waals surface area contributed by atoms with Gasteiger partial charge < -0.3 is 9.84 Å². The first-order valence-electron chi connectivity index (χ1n) is 7.60. The number of alkyl halides is 3. The van der Waals surface area contributed by atoms with Crippen LogP contribution in [0, 0.1) is 11.8 Å². The Kier molecular flexibility index (Phi) is 5.91. The zero-order valence-corrected chi connectivity index (χ0v) is 12.9. The summed E-state index contributed by atoms with van der Waals surface area (Å²) < 4.78 is 40.0. The van der Waals surface area contributed by atoms with Crippen LogP contribution in [-0.2, 0) is 0 Å². The number of benzene rings is 1. The van der Waals surface area contributed by atoms with Crippen molar-refractivity contribution < 1.29 is 23.0 Å². The first-order chi connectivity index (χ1) is 10.8. The smallest absolute Gasteiger partial charge is 0.406 e. The molecule has 0 radical (unpaired) electrons. The zero-order valence-electron chi connectivity index (χ0n) is 12.9. The summed E-state index contributed by atoms with van der Waals surface area (Å²) in [5.41, 5.74) is 0.644. The van der Waals surface area contributed by atoms with Gasteiger partial charge >= 0.3 is 6.36 Å². The van der Waals surface area contributed by atoms with E-state index >= 15 is 0 Å². The standard InChI is InChI=1S/C17H20F3NO2/c1-13(22)12-15-5-3-11-21(15)10-2-4-14-6-8-16(9-7-14)23-17(18,19)20/h6-9,13,15,22H,3,5,10-12H2,1H3. The Morgan fingerprint density at radius 1 is 1.35 bits per heavy atom. The van der Waals surface area contributed by atoms with Gasteiger partial charge in [0, 0.05) is 11.6 Å². The lowest BCUT2D eigenvalue weighted by molar-refractivity contribution is -0.274. The van der Waals surface area contributed by atoms with Crippen LogP contribution in [0.25, 0.3) is 0 Å². The Balaban J connectivity index is 1.89. The number of halogens is 3. The van der Waals surface area contributed by atoms with E-state index in [0.29, 0.717) is 18.2 Å². The van der Waals surface area contributed by atoms with Crippen LogP contribution in [0.15, 0.2) is 24.3 Å². The van der Waals surface area contributed by atoms with Crippen LogP contribution in [-0.4, -0.2) is 41.6 Å². The van der Waals surface area contributed by atoms with Crippen molar-refractivity contribution in [3.05, 3.63) is 29.8 Å². The van der Waals surface area contributed by atoms with Gasteiger partial charge in [-0.1, -0.05) is 11.8 Å². The monoisotopic (exact) mass is 327 g/mol. The highest BCUT2D eigenvalue weighted by atomic mass is 19.4. The van der Waals surface area contributed by atoms with Crippen LogP contribution in [0.3, 0.4) is 0 Å². The summed E-state index contributed by atoms with van der Waals surface area (Å²) in [6.45, 7) is 3.34. The molecule has 1 saturated heterocycles. The van der Waals surface area contributed by atoms with E-state index in [1.54, 1.807) is 6.92 Å². The molecule has 0 saturated carbocycles. The Labute approximate surface area is 134 Å². The predicted molar refractivity (Wildman–Crippen MR) is 80.9 cm³/mol. The molecule has 0 amide bonds. The number of nitrogens with zero attached hydrogens (tertiary/aromatic N) is 1. The molecular weight excluding hydrogens is 307 g/mol. The molecule has 1 N–H and O–H groups in total. The summed E-state index contributed by atoms with van der Waals surface area (Å²) in [6.07, 6.45) is -2.10. The van der Waals surface area contributed by atoms with Crippen molar-refractivity contribution >= 4 is 0 Å². The molecule has 2 atom stereocenters. The van der Waals surface area contributed by atoms with Crippen molar-refractivity contribution in [1.82, 2.24) is 4.90 Å². The van der Waals surface area contributed by atoms with Gasteiger partial charge in [-0.15, -0.1) is 13.2 Å². The fraction of sp³-hybridized carbons (Fsp3) is 0.529. The molecule has 3 nitrogen and oxygen atoms in total. The van der Waals surface area contributed by atoms with E-state index in [9.17, 15) is 18.3 Å². The van der Waals surface area contributed by atoms with E-state index in [1.807, 2.05) is 0 Å². The summed E-state index contributed by atoms with van der Waals surface area (Å²) in [5, 5.41) is 9.49. The van der Waals surface area contributed by atoms with Gasteiger partial charge in [-0.3, -0.25) is 4.90 Å². The maximum atomic E-state index is 12.1. The van der Waals surface area contributed by atoms with Crippen LogP contribution in [0.5, 0.6) is 5.75 Å². The van der Waals surface area contributed by atoms with Gasteiger partial charge in [-0.25, -0.2) is 0 Å². The molecule has 0 aromatic heterocycles.